The van der Waals surface area contributed by atoms with Crippen LogP contribution in [0, 0.1) is 5.41 Å². The summed E-state index contributed by atoms with van der Waals surface area (Å²) in [5.74, 6) is -1.38. The fourth-order valence-electron chi connectivity index (χ4n) is 2.06. The molecule has 0 aliphatic rings. The molecule has 21 heavy (non-hydrogen) atoms. The molecule has 0 spiro atoms. The van der Waals surface area contributed by atoms with Gasteiger partial charge >= 0.3 is 5.97 Å². The van der Waals surface area contributed by atoms with E-state index in [1.54, 1.807) is 6.07 Å². The Kier molecular flexibility index (Phi) is 6.05. The van der Waals surface area contributed by atoms with Crippen molar-refractivity contribution < 1.29 is 14.7 Å². The number of amides is 1. The molecule has 1 aromatic rings. The van der Waals surface area contributed by atoms with Crippen molar-refractivity contribution in [2.45, 2.75) is 39.7 Å². The Morgan fingerprint density at radius 1 is 1.29 bits per heavy atom. The van der Waals surface area contributed by atoms with Crippen molar-refractivity contribution in [3.8, 4) is 0 Å². The molecule has 1 amide bonds. The third-order valence-electron chi connectivity index (χ3n) is 2.79. The monoisotopic (exact) mass is 331 g/mol. The second-order valence-electron chi connectivity index (χ2n) is 6.16. The van der Waals surface area contributed by atoms with Gasteiger partial charge in [-0.25, -0.2) is 0 Å². The van der Waals surface area contributed by atoms with Gasteiger partial charge in [-0.15, -0.1) is 0 Å². The van der Waals surface area contributed by atoms with E-state index < -0.39 is 17.9 Å². The maximum Gasteiger partial charge on any atom is 0.305 e. The summed E-state index contributed by atoms with van der Waals surface area (Å²) in [5.41, 5.74) is 0.138. The molecule has 0 aliphatic carbocycles. The number of carbonyl (C=O) groups is 2. The van der Waals surface area contributed by atoms with Crippen LogP contribution in [0.5, 0.6) is 0 Å². The molecule has 2 N–H and O–H groups in total. The Balaban J connectivity index is 2.89. The molecule has 6 heteroatoms. The molecule has 0 fully saturated rings. The first-order valence-electron chi connectivity index (χ1n) is 6.56. The lowest BCUT2D eigenvalue weighted by atomic mass is 9.87. The molecule has 0 aromatic heterocycles. The zero-order valence-electron chi connectivity index (χ0n) is 12.2. The first kappa shape index (κ1) is 17.8. The van der Waals surface area contributed by atoms with Crippen LogP contribution >= 0.6 is 23.2 Å². The maximum absolute atomic E-state index is 12.2. The van der Waals surface area contributed by atoms with E-state index in [4.69, 9.17) is 28.3 Å². The Morgan fingerprint density at radius 3 is 2.43 bits per heavy atom. The van der Waals surface area contributed by atoms with Gasteiger partial charge in [0.25, 0.3) is 5.91 Å². The molecule has 1 atom stereocenters. The van der Waals surface area contributed by atoms with E-state index in [0.717, 1.165) is 0 Å². The van der Waals surface area contributed by atoms with Gasteiger partial charge in [0.2, 0.25) is 0 Å². The zero-order valence-corrected chi connectivity index (χ0v) is 13.8. The van der Waals surface area contributed by atoms with Gasteiger partial charge in [-0.2, -0.15) is 0 Å². The minimum atomic E-state index is -0.957. The van der Waals surface area contributed by atoms with Crippen molar-refractivity contribution in [1.29, 1.82) is 0 Å². The van der Waals surface area contributed by atoms with Crippen molar-refractivity contribution in [3.63, 3.8) is 0 Å². The molecule has 0 heterocycles. The van der Waals surface area contributed by atoms with E-state index in [1.807, 2.05) is 20.8 Å². The third kappa shape index (κ3) is 6.36. The molecule has 4 nitrogen and oxygen atoms in total. The van der Waals surface area contributed by atoms with Gasteiger partial charge in [0.1, 0.15) is 0 Å². The van der Waals surface area contributed by atoms with E-state index in [1.165, 1.54) is 12.1 Å². The number of hydrogen-bond donors (Lipinski definition) is 2. The number of halogens is 2. The molecular weight excluding hydrogens is 313 g/mol. The Hall–Kier alpha value is -1.26. The third-order valence-corrected chi connectivity index (χ3v) is 3.35. The zero-order chi connectivity index (χ0) is 16.2. The fourth-order valence-corrected chi connectivity index (χ4v) is 2.43. The molecular formula is C15H19Cl2NO3. The Labute approximate surface area is 134 Å². The van der Waals surface area contributed by atoms with Crippen LogP contribution in [0.1, 0.15) is 44.0 Å². The van der Waals surface area contributed by atoms with Crippen LogP contribution in [0.4, 0.5) is 0 Å². The predicted octanol–water partition coefficient (Wildman–Crippen LogP) is 4.00. The lowest BCUT2D eigenvalue weighted by Gasteiger charge is -2.26. The van der Waals surface area contributed by atoms with Crippen LogP contribution in [0.15, 0.2) is 18.2 Å². The number of hydrogen-bond acceptors (Lipinski definition) is 2. The first-order valence-corrected chi connectivity index (χ1v) is 7.32. The number of nitrogens with one attached hydrogen (secondary N) is 1. The van der Waals surface area contributed by atoms with E-state index >= 15 is 0 Å². The highest BCUT2D eigenvalue weighted by Crippen LogP contribution is 2.24. The van der Waals surface area contributed by atoms with E-state index in [0.29, 0.717) is 11.4 Å². The summed E-state index contributed by atoms with van der Waals surface area (Å²) in [7, 11) is 0. The molecule has 1 rings (SSSR count). The maximum atomic E-state index is 12.2. The molecule has 116 valence electrons. The second kappa shape index (κ2) is 7.14. The quantitative estimate of drug-likeness (QED) is 0.856. The molecule has 1 unspecified atom stereocenters. The van der Waals surface area contributed by atoms with Crippen LogP contribution < -0.4 is 5.32 Å². The summed E-state index contributed by atoms with van der Waals surface area (Å²) < 4.78 is 0. The Morgan fingerprint density at radius 2 is 1.90 bits per heavy atom. The van der Waals surface area contributed by atoms with Crippen molar-refractivity contribution >= 4 is 35.1 Å². The summed E-state index contributed by atoms with van der Waals surface area (Å²) in [6.07, 6.45) is 0.407. The lowest BCUT2D eigenvalue weighted by molar-refractivity contribution is -0.137. The Bertz CT molecular complexity index is 538. The second-order valence-corrected chi connectivity index (χ2v) is 7.00. The van der Waals surface area contributed by atoms with Crippen molar-refractivity contribution in [1.82, 2.24) is 5.32 Å². The van der Waals surface area contributed by atoms with Crippen LogP contribution in [0.25, 0.3) is 0 Å². The SMILES string of the molecule is CC(C)(C)CC(CC(=O)O)NC(=O)c1cc(Cl)ccc1Cl. The van der Waals surface area contributed by atoms with Crippen molar-refractivity contribution in [2.24, 2.45) is 5.41 Å². The molecule has 0 radical (unpaired) electrons. The van der Waals surface area contributed by atoms with Crippen molar-refractivity contribution in [3.05, 3.63) is 33.8 Å². The lowest BCUT2D eigenvalue weighted by Crippen LogP contribution is -2.39. The smallest absolute Gasteiger partial charge is 0.305 e. The van der Waals surface area contributed by atoms with Crippen LogP contribution in [0.3, 0.4) is 0 Å². The average Bonchev–Trinajstić information content (AvgIpc) is 2.28. The molecule has 0 aliphatic heterocycles. The van der Waals surface area contributed by atoms with E-state index in [-0.39, 0.29) is 22.4 Å². The highest BCUT2D eigenvalue weighted by atomic mass is 35.5. The van der Waals surface area contributed by atoms with Gasteiger partial charge < -0.3 is 10.4 Å². The molecule has 0 bridgehead atoms. The summed E-state index contributed by atoms with van der Waals surface area (Å²) in [6, 6.07) is 4.12. The average molecular weight is 332 g/mol. The number of carboxylic acid groups (broad SMARTS) is 1. The van der Waals surface area contributed by atoms with Crippen LogP contribution in [-0.4, -0.2) is 23.0 Å². The minimum absolute atomic E-state index is 0.106. The van der Waals surface area contributed by atoms with E-state index in [2.05, 4.69) is 5.32 Å². The van der Waals surface area contributed by atoms with Gasteiger partial charge in [-0.05, 0) is 30.0 Å². The predicted molar refractivity (Wildman–Crippen MR) is 84.0 cm³/mol. The standard InChI is InChI=1S/C15H19Cl2NO3/c1-15(2,3)8-10(7-13(19)20)18-14(21)11-6-9(16)4-5-12(11)17/h4-6,10H,7-8H2,1-3H3,(H,18,21)(H,19,20). The van der Waals surface area contributed by atoms with Gasteiger partial charge in [0, 0.05) is 11.1 Å². The number of aliphatic carboxylic acids is 1. The largest absolute Gasteiger partial charge is 0.481 e. The molecule has 0 saturated carbocycles. The van der Waals surface area contributed by atoms with Crippen molar-refractivity contribution in [2.75, 3.05) is 0 Å². The highest BCUT2D eigenvalue weighted by molar-refractivity contribution is 6.35. The molecule has 0 saturated heterocycles. The molecule has 1 aromatic carbocycles. The normalized spacial score (nSPS) is 12.8. The van der Waals surface area contributed by atoms with Crippen LogP contribution in [-0.2, 0) is 4.79 Å². The summed E-state index contributed by atoms with van der Waals surface area (Å²) >= 11 is 11.8. The van der Waals surface area contributed by atoms with Crippen LogP contribution in [0.2, 0.25) is 10.0 Å². The van der Waals surface area contributed by atoms with Gasteiger partial charge in [0.05, 0.1) is 17.0 Å². The number of carbonyl (C=O) groups excluding carboxylic acids is 1. The topological polar surface area (TPSA) is 66.4 Å². The van der Waals surface area contributed by atoms with Gasteiger partial charge in [0.15, 0.2) is 0 Å². The van der Waals surface area contributed by atoms with Gasteiger partial charge in [-0.3, -0.25) is 9.59 Å². The fraction of sp³-hybridized carbons (Fsp3) is 0.467. The number of carboxylic acids is 1. The van der Waals surface area contributed by atoms with Gasteiger partial charge in [-0.1, -0.05) is 44.0 Å². The number of benzene rings is 1. The summed E-state index contributed by atoms with van der Waals surface area (Å²) in [6.45, 7) is 5.96. The highest BCUT2D eigenvalue weighted by Gasteiger charge is 2.24. The number of rotatable bonds is 5. The summed E-state index contributed by atoms with van der Waals surface area (Å²) in [5, 5.41) is 12.4. The first-order chi connectivity index (χ1) is 9.58. The summed E-state index contributed by atoms with van der Waals surface area (Å²) in [4.78, 5) is 23.2. The minimum Gasteiger partial charge on any atom is -0.481 e. The van der Waals surface area contributed by atoms with E-state index in [9.17, 15) is 9.59 Å².